The number of methoxy groups -OCH3 is 1. The predicted molar refractivity (Wildman–Crippen MR) is 109 cm³/mol. The quantitative estimate of drug-likeness (QED) is 0.495. The van der Waals surface area contributed by atoms with Crippen molar-refractivity contribution in [2.75, 3.05) is 12.4 Å². The first kappa shape index (κ1) is 20.3. The zero-order valence-electron chi connectivity index (χ0n) is 15.3. The van der Waals surface area contributed by atoms with Gasteiger partial charge in [-0.3, -0.25) is 9.59 Å². The van der Waals surface area contributed by atoms with Gasteiger partial charge in [0.05, 0.1) is 19.0 Å². The maximum absolute atomic E-state index is 13.6. The first-order valence-electron chi connectivity index (χ1n) is 8.46. The van der Waals surface area contributed by atoms with Gasteiger partial charge in [-0.2, -0.15) is 5.10 Å². The molecule has 1 atom stereocenters. The third-order valence-corrected chi connectivity index (χ3v) is 4.93. The molecule has 10 heteroatoms. The number of thioether (sulfide) groups is 1. The molecule has 1 heterocycles. The van der Waals surface area contributed by atoms with Gasteiger partial charge in [0.15, 0.2) is 16.7 Å². The van der Waals surface area contributed by atoms with E-state index in [-0.39, 0.29) is 28.9 Å². The molecule has 0 saturated carbocycles. The van der Waals surface area contributed by atoms with Crippen LogP contribution in [0.4, 0.5) is 10.1 Å². The number of carbonyl (C=O) groups excluding carboxylic acids is 2. The molecular formula is C19H17FN4O4S. The van der Waals surface area contributed by atoms with Gasteiger partial charge in [-0.05, 0) is 35.9 Å². The molecule has 0 unspecified atom stereocenters. The fourth-order valence-electron chi connectivity index (χ4n) is 2.44. The average molecular weight is 416 g/mol. The molecule has 1 aliphatic rings. The fraction of sp³-hybridized carbons (Fsp3) is 0.158. The summed E-state index contributed by atoms with van der Waals surface area (Å²) in [6.07, 6.45) is 1.29. The maximum Gasteiger partial charge on any atom is 0.240 e. The number of phenolic OH excluding ortho intramolecular Hbond substituents is 1. The molecule has 150 valence electrons. The van der Waals surface area contributed by atoms with Crippen molar-refractivity contribution in [3.63, 3.8) is 0 Å². The largest absolute Gasteiger partial charge is 0.504 e. The van der Waals surface area contributed by atoms with E-state index in [0.29, 0.717) is 11.3 Å². The standard InChI is InChI=1S/C19H17FN4O4S/c1-28-15-8-11(6-7-14(15)25)10-21-24-19-23-18(27)16(29-19)9-17(26)22-13-5-3-2-4-12(13)20/h2-8,10,16,25H,9H2,1H3,(H,22,26)(H,23,24,27)/t16-/m0/s1. The second kappa shape index (κ2) is 9.20. The van der Waals surface area contributed by atoms with Crippen LogP contribution in [0.5, 0.6) is 11.5 Å². The van der Waals surface area contributed by atoms with E-state index in [1.807, 2.05) is 0 Å². The summed E-state index contributed by atoms with van der Waals surface area (Å²) in [6.45, 7) is 0. The number of amides is 2. The summed E-state index contributed by atoms with van der Waals surface area (Å²) in [4.78, 5) is 24.1. The van der Waals surface area contributed by atoms with Gasteiger partial charge in [0, 0.05) is 6.42 Å². The van der Waals surface area contributed by atoms with Crippen molar-refractivity contribution >= 4 is 40.6 Å². The Morgan fingerprint density at radius 1 is 1.38 bits per heavy atom. The number of nitrogens with zero attached hydrogens (tertiary/aromatic N) is 2. The van der Waals surface area contributed by atoms with Crippen LogP contribution in [0.25, 0.3) is 0 Å². The summed E-state index contributed by atoms with van der Waals surface area (Å²) in [5.74, 6) is -1.10. The lowest BCUT2D eigenvalue weighted by molar-refractivity contribution is -0.122. The summed E-state index contributed by atoms with van der Waals surface area (Å²) in [7, 11) is 1.43. The Morgan fingerprint density at radius 3 is 2.93 bits per heavy atom. The van der Waals surface area contributed by atoms with Crippen LogP contribution in [0.3, 0.4) is 0 Å². The van der Waals surface area contributed by atoms with Gasteiger partial charge in [-0.25, -0.2) is 4.39 Å². The molecule has 2 aromatic carbocycles. The molecule has 2 amide bonds. The van der Waals surface area contributed by atoms with E-state index < -0.39 is 17.0 Å². The third kappa shape index (κ3) is 5.32. The van der Waals surface area contributed by atoms with Crippen molar-refractivity contribution in [3.05, 3.63) is 53.8 Å². The van der Waals surface area contributed by atoms with Crippen molar-refractivity contribution < 1.29 is 23.8 Å². The second-order valence-corrected chi connectivity index (χ2v) is 7.10. The van der Waals surface area contributed by atoms with Crippen molar-refractivity contribution in [2.24, 2.45) is 10.2 Å². The molecule has 1 aliphatic heterocycles. The van der Waals surface area contributed by atoms with Crippen molar-refractivity contribution in [2.45, 2.75) is 11.7 Å². The number of benzene rings is 2. The molecule has 29 heavy (non-hydrogen) atoms. The predicted octanol–water partition coefficient (Wildman–Crippen LogP) is 2.49. The first-order valence-corrected chi connectivity index (χ1v) is 9.34. The monoisotopic (exact) mass is 416 g/mol. The number of para-hydroxylation sites is 1. The van der Waals surface area contributed by atoms with Gasteiger partial charge >= 0.3 is 0 Å². The molecule has 0 aliphatic carbocycles. The van der Waals surface area contributed by atoms with E-state index in [9.17, 15) is 19.1 Å². The van der Waals surface area contributed by atoms with Gasteiger partial charge in [0.1, 0.15) is 11.1 Å². The fourth-order valence-corrected chi connectivity index (χ4v) is 3.37. The molecule has 1 saturated heterocycles. The lowest BCUT2D eigenvalue weighted by Gasteiger charge is -2.07. The summed E-state index contributed by atoms with van der Waals surface area (Å²) in [6, 6.07) is 10.5. The number of amidine groups is 1. The van der Waals surface area contributed by atoms with Gasteiger partial charge in [0.2, 0.25) is 11.8 Å². The Balaban J connectivity index is 1.58. The van der Waals surface area contributed by atoms with E-state index in [1.54, 1.807) is 18.2 Å². The van der Waals surface area contributed by atoms with Crippen LogP contribution in [-0.2, 0) is 9.59 Å². The number of halogens is 1. The number of rotatable bonds is 6. The van der Waals surface area contributed by atoms with E-state index in [4.69, 9.17) is 4.74 Å². The maximum atomic E-state index is 13.6. The van der Waals surface area contributed by atoms with Crippen LogP contribution in [0.2, 0.25) is 0 Å². The van der Waals surface area contributed by atoms with E-state index in [0.717, 1.165) is 11.8 Å². The highest BCUT2D eigenvalue weighted by molar-refractivity contribution is 8.15. The highest BCUT2D eigenvalue weighted by Crippen LogP contribution is 2.26. The van der Waals surface area contributed by atoms with Crippen molar-refractivity contribution in [1.29, 1.82) is 0 Å². The lowest BCUT2D eigenvalue weighted by Crippen LogP contribution is -2.28. The van der Waals surface area contributed by atoms with Gasteiger partial charge in [0.25, 0.3) is 0 Å². The molecule has 3 N–H and O–H groups in total. The van der Waals surface area contributed by atoms with Crippen LogP contribution in [0, 0.1) is 5.82 Å². The Hall–Kier alpha value is -3.40. The molecule has 0 bridgehead atoms. The Morgan fingerprint density at radius 2 is 2.17 bits per heavy atom. The number of hydrogen-bond donors (Lipinski definition) is 3. The Kier molecular flexibility index (Phi) is 6.45. The summed E-state index contributed by atoms with van der Waals surface area (Å²) in [5, 5.41) is 21.9. The molecule has 2 aromatic rings. The normalized spacial score (nSPS) is 17.5. The SMILES string of the molecule is COc1cc(C=NN=C2NC(=O)[C@H](CC(=O)Nc3ccccc3F)S2)ccc1O. The topological polar surface area (TPSA) is 112 Å². The number of aromatic hydroxyl groups is 1. The van der Waals surface area contributed by atoms with Crippen LogP contribution >= 0.6 is 11.8 Å². The molecule has 1 fully saturated rings. The average Bonchev–Trinajstić information content (AvgIpc) is 3.04. The van der Waals surface area contributed by atoms with Crippen LogP contribution in [0.15, 0.2) is 52.7 Å². The number of anilines is 1. The van der Waals surface area contributed by atoms with Gasteiger partial charge in [-0.15, -0.1) is 5.10 Å². The van der Waals surface area contributed by atoms with Crippen molar-refractivity contribution in [3.8, 4) is 11.5 Å². The minimum atomic E-state index is -0.690. The van der Waals surface area contributed by atoms with Gasteiger partial charge < -0.3 is 20.5 Å². The van der Waals surface area contributed by atoms with Crippen LogP contribution < -0.4 is 15.4 Å². The van der Waals surface area contributed by atoms with E-state index in [1.165, 1.54) is 37.6 Å². The highest BCUT2D eigenvalue weighted by Gasteiger charge is 2.32. The number of phenols is 1. The second-order valence-electron chi connectivity index (χ2n) is 5.91. The molecule has 8 nitrogen and oxygen atoms in total. The number of hydrogen-bond acceptors (Lipinski definition) is 7. The number of ether oxygens (including phenoxy) is 1. The molecular weight excluding hydrogens is 399 g/mol. The van der Waals surface area contributed by atoms with Gasteiger partial charge in [-0.1, -0.05) is 23.9 Å². The molecule has 0 spiro atoms. The number of carbonyl (C=O) groups is 2. The smallest absolute Gasteiger partial charge is 0.240 e. The molecule has 0 aromatic heterocycles. The summed E-state index contributed by atoms with van der Waals surface area (Å²) in [5.41, 5.74) is 0.697. The molecule has 0 radical (unpaired) electrons. The highest BCUT2D eigenvalue weighted by atomic mass is 32.2. The third-order valence-electron chi connectivity index (χ3n) is 3.85. The minimum Gasteiger partial charge on any atom is -0.504 e. The zero-order valence-corrected chi connectivity index (χ0v) is 16.1. The Bertz CT molecular complexity index is 996. The van der Waals surface area contributed by atoms with E-state index in [2.05, 4.69) is 20.8 Å². The minimum absolute atomic E-state index is 0.00563. The van der Waals surface area contributed by atoms with E-state index >= 15 is 0 Å². The molecule has 3 rings (SSSR count). The summed E-state index contributed by atoms with van der Waals surface area (Å²) < 4.78 is 18.6. The Labute approximate surface area is 169 Å². The number of nitrogens with one attached hydrogen (secondary N) is 2. The van der Waals surface area contributed by atoms with Crippen LogP contribution in [0.1, 0.15) is 12.0 Å². The first-order chi connectivity index (χ1) is 14.0. The van der Waals surface area contributed by atoms with Crippen LogP contribution in [-0.4, -0.2) is 40.7 Å². The summed E-state index contributed by atoms with van der Waals surface area (Å²) >= 11 is 1.06. The van der Waals surface area contributed by atoms with Crippen molar-refractivity contribution in [1.82, 2.24) is 5.32 Å². The lowest BCUT2D eigenvalue weighted by atomic mass is 10.2. The zero-order chi connectivity index (χ0) is 20.8.